The Morgan fingerprint density at radius 3 is 2.84 bits per heavy atom. The maximum Gasteiger partial charge on any atom is 0.234 e. The molecular weight excluding hydrogens is 240 g/mol. The zero-order valence-electron chi connectivity index (χ0n) is 11.7. The highest BCUT2D eigenvalue weighted by Gasteiger charge is 2.20. The molecular formula is C14H24N4O. The summed E-state index contributed by atoms with van der Waals surface area (Å²) in [6, 6.07) is 0. The predicted octanol–water partition coefficient (Wildman–Crippen LogP) is 1.12. The molecule has 2 rings (SSSR count). The van der Waals surface area contributed by atoms with Crippen LogP contribution in [-0.4, -0.2) is 46.5 Å². The van der Waals surface area contributed by atoms with Gasteiger partial charge in [-0.25, -0.2) is 4.98 Å². The first-order chi connectivity index (χ1) is 9.28. The molecule has 0 aromatic carbocycles. The average Bonchev–Trinajstić information content (AvgIpc) is 2.91. The van der Waals surface area contributed by atoms with Crippen LogP contribution in [0.2, 0.25) is 0 Å². The molecule has 1 aromatic rings. The lowest BCUT2D eigenvalue weighted by Crippen LogP contribution is -2.42. The molecule has 0 unspecified atom stereocenters. The van der Waals surface area contributed by atoms with E-state index in [9.17, 15) is 4.79 Å². The molecule has 1 aliphatic heterocycles. The summed E-state index contributed by atoms with van der Waals surface area (Å²) in [5.41, 5.74) is 0. The number of nitrogens with one attached hydrogen (secondary N) is 1. The third kappa shape index (κ3) is 4.67. The Morgan fingerprint density at radius 2 is 2.21 bits per heavy atom. The molecule has 0 saturated carbocycles. The number of carbonyl (C=O) groups is 1. The molecule has 1 saturated heterocycles. The van der Waals surface area contributed by atoms with Gasteiger partial charge in [-0.2, -0.15) is 0 Å². The van der Waals surface area contributed by atoms with E-state index in [2.05, 4.69) is 26.7 Å². The summed E-state index contributed by atoms with van der Waals surface area (Å²) >= 11 is 0. The van der Waals surface area contributed by atoms with Crippen molar-refractivity contribution in [2.45, 2.75) is 32.7 Å². The Morgan fingerprint density at radius 1 is 1.42 bits per heavy atom. The van der Waals surface area contributed by atoms with E-state index in [1.54, 1.807) is 0 Å². The summed E-state index contributed by atoms with van der Waals surface area (Å²) in [4.78, 5) is 18.0. The van der Waals surface area contributed by atoms with Crippen LogP contribution in [0.3, 0.4) is 0 Å². The molecule has 1 fully saturated rings. The van der Waals surface area contributed by atoms with Crippen molar-refractivity contribution in [1.82, 2.24) is 19.8 Å². The number of piperidine rings is 1. The molecule has 5 nitrogen and oxygen atoms in total. The number of likely N-dealkylation sites (tertiary alicyclic amines) is 1. The summed E-state index contributed by atoms with van der Waals surface area (Å²) in [7, 11) is 0. The number of hydrogen-bond acceptors (Lipinski definition) is 3. The quantitative estimate of drug-likeness (QED) is 0.837. The number of rotatable bonds is 6. The Kier molecular flexibility index (Phi) is 5.39. The van der Waals surface area contributed by atoms with Crippen molar-refractivity contribution < 1.29 is 4.79 Å². The van der Waals surface area contributed by atoms with E-state index in [1.165, 1.54) is 12.8 Å². The van der Waals surface area contributed by atoms with Crippen LogP contribution in [-0.2, 0) is 11.3 Å². The second-order valence-electron chi connectivity index (χ2n) is 5.33. The number of amides is 1. The Balaban J connectivity index is 1.66. The van der Waals surface area contributed by atoms with Crippen molar-refractivity contribution in [1.29, 1.82) is 0 Å². The molecule has 5 heteroatoms. The number of aromatic nitrogens is 2. The van der Waals surface area contributed by atoms with Crippen molar-refractivity contribution in [3.63, 3.8) is 0 Å². The van der Waals surface area contributed by atoms with Crippen molar-refractivity contribution in [2.24, 2.45) is 5.92 Å². The molecule has 19 heavy (non-hydrogen) atoms. The lowest BCUT2D eigenvalue weighted by Gasteiger charge is -2.31. The monoisotopic (exact) mass is 264 g/mol. The minimum atomic E-state index is 0.162. The summed E-state index contributed by atoms with van der Waals surface area (Å²) in [6.45, 7) is 6.52. The van der Waals surface area contributed by atoms with Crippen molar-refractivity contribution in [3.8, 4) is 0 Å². The fourth-order valence-corrected chi connectivity index (χ4v) is 2.54. The Bertz CT molecular complexity index is 369. The fraction of sp³-hybridized carbons (Fsp3) is 0.714. The highest BCUT2D eigenvalue weighted by atomic mass is 16.2. The van der Waals surface area contributed by atoms with E-state index in [4.69, 9.17) is 0 Å². The van der Waals surface area contributed by atoms with E-state index in [1.807, 2.05) is 18.7 Å². The predicted molar refractivity (Wildman–Crippen MR) is 74.7 cm³/mol. The largest absolute Gasteiger partial charge is 0.355 e. The average molecular weight is 264 g/mol. The highest BCUT2D eigenvalue weighted by molar-refractivity contribution is 5.77. The standard InChI is InChI=1S/C14H24N4O/c1-2-5-16-14(19)11-17-7-3-13(4-8-17)10-18-9-6-15-12-18/h6,9,12-13H,2-5,7-8,10-11H2,1H3,(H,16,19). The van der Waals surface area contributed by atoms with Gasteiger partial charge in [0.15, 0.2) is 0 Å². The van der Waals surface area contributed by atoms with E-state index in [-0.39, 0.29) is 5.91 Å². The fourth-order valence-electron chi connectivity index (χ4n) is 2.54. The van der Waals surface area contributed by atoms with Crippen LogP contribution in [0.15, 0.2) is 18.7 Å². The zero-order chi connectivity index (χ0) is 13.5. The Labute approximate surface area is 115 Å². The van der Waals surface area contributed by atoms with Gasteiger partial charge in [-0.15, -0.1) is 0 Å². The van der Waals surface area contributed by atoms with Gasteiger partial charge in [-0.1, -0.05) is 6.92 Å². The summed E-state index contributed by atoms with van der Waals surface area (Å²) in [5.74, 6) is 0.874. The normalized spacial score (nSPS) is 17.5. The molecule has 0 atom stereocenters. The molecule has 0 bridgehead atoms. The van der Waals surface area contributed by atoms with Gasteiger partial charge < -0.3 is 9.88 Å². The number of hydrogen-bond donors (Lipinski definition) is 1. The second kappa shape index (κ2) is 7.28. The SMILES string of the molecule is CCCNC(=O)CN1CCC(Cn2ccnc2)CC1. The second-order valence-corrected chi connectivity index (χ2v) is 5.33. The van der Waals surface area contributed by atoms with Crippen LogP contribution < -0.4 is 5.32 Å². The first-order valence-corrected chi connectivity index (χ1v) is 7.22. The van der Waals surface area contributed by atoms with E-state index in [0.29, 0.717) is 12.5 Å². The number of nitrogens with zero attached hydrogens (tertiary/aromatic N) is 3. The van der Waals surface area contributed by atoms with Crippen LogP contribution >= 0.6 is 0 Å². The van der Waals surface area contributed by atoms with Gasteiger partial charge in [0.2, 0.25) is 5.91 Å². The minimum absolute atomic E-state index is 0.162. The van der Waals surface area contributed by atoms with Gasteiger partial charge in [0, 0.05) is 25.5 Å². The smallest absolute Gasteiger partial charge is 0.234 e. The molecule has 0 radical (unpaired) electrons. The third-order valence-corrected chi connectivity index (χ3v) is 3.67. The van der Waals surface area contributed by atoms with Crippen LogP contribution in [0.5, 0.6) is 0 Å². The molecule has 2 heterocycles. The summed E-state index contributed by atoms with van der Waals surface area (Å²) in [6.07, 6.45) is 9.06. The zero-order valence-corrected chi connectivity index (χ0v) is 11.7. The van der Waals surface area contributed by atoms with Crippen molar-refractivity contribution >= 4 is 5.91 Å². The number of imidazole rings is 1. The first kappa shape index (κ1) is 14.1. The highest BCUT2D eigenvalue weighted by Crippen LogP contribution is 2.18. The van der Waals surface area contributed by atoms with Gasteiger partial charge in [0.05, 0.1) is 12.9 Å². The van der Waals surface area contributed by atoms with Crippen LogP contribution in [0, 0.1) is 5.92 Å². The molecule has 1 N–H and O–H groups in total. The van der Waals surface area contributed by atoms with Crippen molar-refractivity contribution in [2.75, 3.05) is 26.2 Å². The molecule has 1 amide bonds. The van der Waals surface area contributed by atoms with E-state index >= 15 is 0 Å². The van der Waals surface area contributed by atoms with E-state index < -0.39 is 0 Å². The van der Waals surface area contributed by atoms with Gasteiger partial charge in [-0.05, 0) is 38.3 Å². The molecule has 1 aromatic heterocycles. The third-order valence-electron chi connectivity index (χ3n) is 3.67. The van der Waals surface area contributed by atoms with Gasteiger partial charge in [0.1, 0.15) is 0 Å². The molecule has 0 spiro atoms. The van der Waals surface area contributed by atoms with Gasteiger partial charge >= 0.3 is 0 Å². The maximum absolute atomic E-state index is 11.6. The lowest BCUT2D eigenvalue weighted by atomic mass is 9.97. The molecule has 106 valence electrons. The minimum Gasteiger partial charge on any atom is -0.355 e. The van der Waals surface area contributed by atoms with Crippen molar-refractivity contribution in [3.05, 3.63) is 18.7 Å². The summed E-state index contributed by atoms with van der Waals surface area (Å²) < 4.78 is 2.15. The van der Waals surface area contributed by atoms with Crippen LogP contribution in [0.4, 0.5) is 0 Å². The van der Waals surface area contributed by atoms with E-state index in [0.717, 1.165) is 32.6 Å². The molecule has 0 aliphatic carbocycles. The lowest BCUT2D eigenvalue weighted by molar-refractivity contribution is -0.122. The van der Waals surface area contributed by atoms with Gasteiger partial charge in [0.25, 0.3) is 0 Å². The topological polar surface area (TPSA) is 50.2 Å². The first-order valence-electron chi connectivity index (χ1n) is 7.22. The Hall–Kier alpha value is -1.36. The molecule has 1 aliphatic rings. The van der Waals surface area contributed by atoms with Gasteiger partial charge in [-0.3, -0.25) is 9.69 Å². The van der Waals surface area contributed by atoms with Crippen LogP contribution in [0.1, 0.15) is 26.2 Å². The number of carbonyl (C=O) groups excluding carboxylic acids is 1. The van der Waals surface area contributed by atoms with Crippen LogP contribution in [0.25, 0.3) is 0 Å². The summed E-state index contributed by atoms with van der Waals surface area (Å²) in [5, 5.41) is 2.93. The maximum atomic E-state index is 11.6.